The molecule has 0 aliphatic carbocycles. The van der Waals surface area contributed by atoms with Crippen molar-refractivity contribution in [2.75, 3.05) is 27.0 Å². The Balaban J connectivity index is 1.89. The molecule has 2 N–H and O–H groups in total. The Morgan fingerprint density at radius 2 is 1.88 bits per heavy atom. The zero-order valence-corrected chi connectivity index (χ0v) is 14.6. The second kappa shape index (κ2) is 6.98. The van der Waals surface area contributed by atoms with E-state index >= 15 is 0 Å². The quantitative estimate of drug-likeness (QED) is 0.733. The standard InChI is InChI=1S/C16H19N5O2S/c1-21(9-15-18-4-5-24-15)8-14-19-11-7-13(23-3)12(22-2)6-10(11)16(17)20-14/h4-7H,8-9H2,1-3H3,(H2,17,19,20). The molecule has 2 heterocycles. The number of benzene rings is 1. The van der Waals surface area contributed by atoms with Crippen molar-refractivity contribution in [2.45, 2.75) is 13.1 Å². The lowest BCUT2D eigenvalue weighted by Gasteiger charge is -2.15. The van der Waals surface area contributed by atoms with E-state index in [1.165, 1.54) is 0 Å². The van der Waals surface area contributed by atoms with Gasteiger partial charge < -0.3 is 15.2 Å². The van der Waals surface area contributed by atoms with Crippen LogP contribution in [0.5, 0.6) is 11.5 Å². The normalized spacial score (nSPS) is 11.2. The number of hydrogen-bond donors (Lipinski definition) is 1. The van der Waals surface area contributed by atoms with E-state index in [1.807, 2.05) is 18.5 Å². The van der Waals surface area contributed by atoms with E-state index in [9.17, 15) is 0 Å². The molecule has 0 unspecified atom stereocenters. The number of thiazole rings is 1. The lowest BCUT2D eigenvalue weighted by molar-refractivity contribution is 0.310. The highest BCUT2D eigenvalue weighted by molar-refractivity contribution is 7.09. The maximum absolute atomic E-state index is 6.11. The highest BCUT2D eigenvalue weighted by Crippen LogP contribution is 2.33. The summed E-state index contributed by atoms with van der Waals surface area (Å²) in [5, 5.41) is 3.77. The first-order valence-electron chi connectivity index (χ1n) is 7.35. The molecule has 0 fully saturated rings. The first-order valence-corrected chi connectivity index (χ1v) is 8.23. The molecule has 3 rings (SSSR count). The van der Waals surface area contributed by atoms with Crippen LogP contribution in [-0.2, 0) is 13.1 Å². The number of anilines is 1. The predicted octanol–water partition coefficient (Wildman–Crippen LogP) is 2.32. The third-order valence-electron chi connectivity index (χ3n) is 3.58. The van der Waals surface area contributed by atoms with E-state index < -0.39 is 0 Å². The molecular weight excluding hydrogens is 326 g/mol. The first-order chi connectivity index (χ1) is 11.6. The Hall–Kier alpha value is -2.45. The molecule has 126 valence electrons. The van der Waals surface area contributed by atoms with Crippen LogP contribution in [0.15, 0.2) is 23.7 Å². The Morgan fingerprint density at radius 1 is 1.12 bits per heavy atom. The number of nitrogens with zero attached hydrogens (tertiary/aromatic N) is 4. The Morgan fingerprint density at radius 3 is 2.54 bits per heavy atom. The number of aromatic nitrogens is 3. The summed E-state index contributed by atoms with van der Waals surface area (Å²) in [7, 11) is 5.18. The van der Waals surface area contributed by atoms with Crippen molar-refractivity contribution in [1.29, 1.82) is 0 Å². The summed E-state index contributed by atoms with van der Waals surface area (Å²) in [6, 6.07) is 3.61. The van der Waals surface area contributed by atoms with Crippen LogP contribution in [0.1, 0.15) is 10.8 Å². The van der Waals surface area contributed by atoms with Gasteiger partial charge in [0.2, 0.25) is 0 Å². The molecule has 0 radical (unpaired) electrons. The number of nitrogen functional groups attached to an aromatic ring is 1. The van der Waals surface area contributed by atoms with Crippen molar-refractivity contribution < 1.29 is 9.47 Å². The monoisotopic (exact) mass is 345 g/mol. The zero-order valence-electron chi connectivity index (χ0n) is 13.8. The maximum atomic E-state index is 6.11. The second-order valence-corrected chi connectivity index (χ2v) is 6.33. The number of fused-ring (bicyclic) bond motifs is 1. The number of methoxy groups -OCH3 is 2. The average Bonchev–Trinajstić information content (AvgIpc) is 3.06. The van der Waals surface area contributed by atoms with Crippen molar-refractivity contribution in [2.24, 2.45) is 0 Å². The van der Waals surface area contributed by atoms with Gasteiger partial charge in [-0.1, -0.05) is 0 Å². The van der Waals surface area contributed by atoms with Gasteiger partial charge in [-0.05, 0) is 13.1 Å². The molecule has 0 amide bonds. The van der Waals surface area contributed by atoms with Gasteiger partial charge in [0.1, 0.15) is 16.6 Å². The summed E-state index contributed by atoms with van der Waals surface area (Å²) >= 11 is 1.63. The van der Waals surface area contributed by atoms with Gasteiger partial charge in [0.15, 0.2) is 11.5 Å². The summed E-state index contributed by atoms with van der Waals surface area (Å²) in [5.41, 5.74) is 6.84. The predicted molar refractivity (Wildman–Crippen MR) is 94.3 cm³/mol. The van der Waals surface area contributed by atoms with Gasteiger partial charge in [0.25, 0.3) is 0 Å². The molecule has 0 aliphatic heterocycles. The van der Waals surface area contributed by atoms with E-state index in [2.05, 4.69) is 19.9 Å². The van der Waals surface area contributed by atoms with Crippen LogP contribution in [0.25, 0.3) is 10.9 Å². The lowest BCUT2D eigenvalue weighted by atomic mass is 10.2. The molecule has 0 bridgehead atoms. The van der Waals surface area contributed by atoms with Crippen LogP contribution in [-0.4, -0.2) is 41.1 Å². The highest BCUT2D eigenvalue weighted by Gasteiger charge is 2.13. The van der Waals surface area contributed by atoms with Gasteiger partial charge in [-0.15, -0.1) is 11.3 Å². The number of rotatable bonds is 6. The number of ether oxygens (including phenoxy) is 2. The van der Waals surface area contributed by atoms with E-state index in [4.69, 9.17) is 15.2 Å². The topological polar surface area (TPSA) is 86.4 Å². The molecule has 0 aliphatic rings. The van der Waals surface area contributed by atoms with Crippen molar-refractivity contribution in [3.8, 4) is 11.5 Å². The molecule has 0 saturated carbocycles. The fraction of sp³-hybridized carbons (Fsp3) is 0.312. The summed E-state index contributed by atoms with van der Waals surface area (Å²) in [5.74, 6) is 2.31. The molecule has 8 heteroatoms. The van der Waals surface area contributed by atoms with E-state index in [0.29, 0.717) is 29.7 Å². The molecule has 0 atom stereocenters. The Labute approximate surface area is 144 Å². The molecule has 24 heavy (non-hydrogen) atoms. The number of hydrogen-bond acceptors (Lipinski definition) is 8. The van der Waals surface area contributed by atoms with Gasteiger partial charge in [0, 0.05) is 23.0 Å². The second-order valence-electron chi connectivity index (χ2n) is 5.35. The van der Waals surface area contributed by atoms with Crippen LogP contribution in [0.2, 0.25) is 0 Å². The molecule has 1 aromatic carbocycles. The summed E-state index contributed by atoms with van der Waals surface area (Å²) in [6.07, 6.45) is 1.80. The fourth-order valence-corrected chi connectivity index (χ4v) is 3.15. The van der Waals surface area contributed by atoms with Gasteiger partial charge >= 0.3 is 0 Å². The molecule has 3 aromatic rings. The van der Waals surface area contributed by atoms with Crippen molar-refractivity contribution in [3.05, 3.63) is 34.5 Å². The van der Waals surface area contributed by atoms with E-state index in [1.54, 1.807) is 37.8 Å². The largest absolute Gasteiger partial charge is 0.493 e. The van der Waals surface area contributed by atoms with Gasteiger partial charge in [-0.2, -0.15) is 0 Å². The van der Waals surface area contributed by atoms with Crippen LogP contribution >= 0.6 is 11.3 Å². The summed E-state index contributed by atoms with van der Waals surface area (Å²) in [6.45, 7) is 1.32. The Kier molecular flexibility index (Phi) is 4.77. The van der Waals surface area contributed by atoms with Crippen LogP contribution in [0.3, 0.4) is 0 Å². The van der Waals surface area contributed by atoms with Crippen molar-refractivity contribution in [3.63, 3.8) is 0 Å². The van der Waals surface area contributed by atoms with Gasteiger partial charge in [-0.3, -0.25) is 4.90 Å². The van der Waals surface area contributed by atoms with E-state index in [0.717, 1.165) is 22.5 Å². The van der Waals surface area contributed by atoms with Crippen LogP contribution in [0.4, 0.5) is 5.82 Å². The average molecular weight is 345 g/mol. The SMILES string of the molecule is COc1cc2nc(CN(C)Cc3nccs3)nc(N)c2cc1OC. The van der Waals surface area contributed by atoms with E-state index in [-0.39, 0.29) is 0 Å². The van der Waals surface area contributed by atoms with Crippen molar-refractivity contribution >= 4 is 28.1 Å². The zero-order chi connectivity index (χ0) is 17.1. The number of nitrogens with two attached hydrogens (primary N) is 1. The Bertz CT molecular complexity index is 838. The van der Waals surface area contributed by atoms with Gasteiger partial charge in [0.05, 0.1) is 32.8 Å². The molecule has 0 saturated heterocycles. The maximum Gasteiger partial charge on any atom is 0.162 e. The molecule has 2 aromatic heterocycles. The minimum Gasteiger partial charge on any atom is -0.493 e. The third-order valence-corrected chi connectivity index (χ3v) is 4.34. The molecular formula is C16H19N5O2S. The smallest absolute Gasteiger partial charge is 0.162 e. The highest BCUT2D eigenvalue weighted by atomic mass is 32.1. The fourth-order valence-electron chi connectivity index (χ4n) is 2.46. The third kappa shape index (κ3) is 3.39. The molecule has 0 spiro atoms. The van der Waals surface area contributed by atoms with Crippen LogP contribution < -0.4 is 15.2 Å². The lowest BCUT2D eigenvalue weighted by Crippen LogP contribution is -2.19. The minimum absolute atomic E-state index is 0.429. The van der Waals surface area contributed by atoms with Crippen molar-refractivity contribution in [1.82, 2.24) is 19.9 Å². The summed E-state index contributed by atoms with van der Waals surface area (Å²) in [4.78, 5) is 15.4. The molecule has 7 nitrogen and oxygen atoms in total. The first kappa shape index (κ1) is 16.4. The van der Waals surface area contributed by atoms with Gasteiger partial charge in [-0.25, -0.2) is 15.0 Å². The summed E-state index contributed by atoms with van der Waals surface area (Å²) < 4.78 is 10.6. The minimum atomic E-state index is 0.429. The van der Waals surface area contributed by atoms with Crippen LogP contribution in [0, 0.1) is 0 Å².